The van der Waals surface area contributed by atoms with E-state index in [0.29, 0.717) is 6.42 Å². The van der Waals surface area contributed by atoms with Crippen LogP contribution >= 0.6 is 0 Å². The van der Waals surface area contributed by atoms with Crippen molar-refractivity contribution in [3.63, 3.8) is 0 Å². The molecule has 6 nitrogen and oxygen atoms in total. The third kappa shape index (κ3) is 3.67. The predicted molar refractivity (Wildman–Crippen MR) is 69.7 cm³/mol. The van der Waals surface area contributed by atoms with Crippen molar-refractivity contribution >= 4 is 16.0 Å². The van der Waals surface area contributed by atoms with E-state index in [0.717, 1.165) is 0 Å². The van der Waals surface area contributed by atoms with Gasteiger partial charge in [-0.3, -0.25) is 4.79 Å². The van der Waals surface area contributed by atoms with Crippen LogP contribution in [-0.2, 0) is 14.8 Å². The Morgan fingerprint density at radius 1 is 1.53 bits per heavy atom. The summed E-state index contributed by atoms with van der Waals surface area (Å²) in [5.74, 6) is -1.11. The molecule has 108 valence electrons. The third-order valence-corrected chi connectivity index (χ3v) is 5.72. The Balaban J connectivity index is 2.82. The topological polar surface area (TPSA) is 98.5 Å². The summed E-state index contributed by atoms with van der Waals surface area (Å²) in [5.41, 5.74) is -1.64. The van der Waals surface area contributed by atoms with E-state index in [-0.39, 0.29) is 25.3 Å². The molecule has 0 saturated carbocycles. The van der Waals surface area contributed by atoms with Crippen LogP contribution in [0.3, 0.4) is 0 Å². The SMILES string of the molecule is CC(C)(CC#N)CS(=O)(=O)N1CCC(C)(C(=O)O)C1. The molecule has 0 amide bonds. The maximum absolute atomic E-state index is 12.3. The lowest BCUT2D eigenvalue weighted by molar-refractivity contribution is -0.146. The Morgan fingerprint density at radius 3 is 2.53 bits per heavy atom. The number of aliphatic carboxylic acids is 1. The molecule has 1 aliphatic rings. The first-order valence-corrected chi connectivity index (χ1v) is 7.72. The molecule has 1 atom stereocenters. The Morgan fingerprint density at radius 2 is 2.11 bits per heavy atom. The highest BCUT2D eigenvalue weighted by atomic mass is 32.2. The molecule has 0 aliphatic carbocycles. The number of nitriles is 1. The van der Waals surface area contributed by atoms with Crippen LogP contribution in [0.4, 0.5) is 0 Å². The minimum atomic E-state index is -3.53. The quantitative estimate of drug-likeness (QED) is 0.815. The van der Waals surface area contributed by atoms with Crippen molar-refractivity contribution in [3.05, 3.63) is 0 Å². The molecular formula is C12H20N2O4S. The van der Waals surface area contributed by atoms with E-state index < -0.39 is 26.8 Å². The maximum atomic E-state index is 12.3. The Kier molecular flexibility index (Phi) is 4.27. The summed E-state index contributed by atoms with van der Waals surface area (Å²) in [5, 5.41) is 17.8. The number of carbonyl (C=O) groups is 1. The lowest BCUT2D eigenvalue weighted by Crippen LogP contribution is -2.39. The van der Waals surface area contributed by atoms with Crippen LogP contribution in [0.2, 0.25) is 0 Å². The van der Waals surface area contributed by atoms with Crippen LogP contribution in [0.1, 0.15) is 33.6 Å². The molecule has 1 saturated heterocycles. The number of hydrogen-bond donors (Lipinski definition) is 1. The lowest BCUT2D eigenvalue weighted by Gasteiger charge is -2.26. The smallest absolute Gasteiger partial charge is 0.310 e. The molecule has 0 spiro atoms. The second-order valence-electron chi connectivity index (χ2n) is 6.20. The second kappa shape index (κ2) is 5.10. The molecule has 0 aromatic heterocycles. The Hall–Kier alpha value is -1.13. The zero-order valence-corrected chi connectivity index (χ0v) is 12.3. The molecule has 1 rings (SSSR count). The minimum absolute atomic E-state index is 0.00724. The van der Waals surface area contributed by atoms with Crippen LogP contribution in [0.15, 0.2) is 0 Å². The number of carboxylic acid groups (broad SMARTS) is 1. The second-order valence-corrected chi connectivity index (χ2v) is 8.17. The summed E-state index contributed by atoms with van der Waals surface area (Å²) in [6, 6.07) is 1.98. The van der Waals surface area contributed by atoms with E-state index in [1.807, 2.05) is 6.07 Å². The Bertz CT molecular complexity index is 506. The van der Waals surface area contributed by atoms with Crippen molar-refractivity contribution in [2.75, 3.05) is 18.8 Å². The van der Waals surface area contributed by atoms with Gasteiger partial charge in [-0.1, -0.05) is 13.8 Å². The largest absolute Gasteiger partial charge is 0.481 e. The number of rotatable bonds is 5. The third-order valence-electron chi connectivity index (χ3n) is 3.48. The zero-order chi connectivity index (χ0) is 14.9. The van der Waals surface area contributed by atoms with Crippen molar-refractivity contribution in [2.24, 2.45) is 10.8 Å². The average molecular weight is 288 g/mol. The van der Waals surface area contributed by atoms with Crippen molar-refractivity contribution < 1.29 is 18.3 Å². The molecule has 1 N–H and O–H groups in total. The molecule has 0 aromatic carbocycles. The van der Waals surface area contributed by atoms with Gasteiger partial charge in [0.25, 0.3) is 0 Å². The van der Waals surface area contributed by atoms with Crippen LogP contribution in [0.25, 0.3) is 0 Å². The summed E-state index contributed by atoms with van der Waals surface area (Å²) in [6.45, 7) is 5.24. The van der Waals surface area contributed by atoms with Crippen LogP contribution in [-0.4, -0.2) is 42.6 Å². The van der Waals surface area contributed by atoms with Gasteiger partial charge in [-0.15, -0.1) is 0 Å². The first kappa shape index (κ1) is 15.9. The van der Waals surface area contributed by atoms with Gasteiger partial charge in [-0.2, -0.15) is 5.26 Å². The minimum Gasteiger partial charge on any atom is -0.481 e. The van der Waals surface area contributed by atoms with Crippen molar-refractivity contribution in [3.8, 4) is 6.07 Å². The maximum Gasteiger partial charge on any atom is 0.310 e. The van der Waals surface area contributed by atoms with Crippen LogP contribution in [0, 0.1) is 22.2 Å². The van der Waals surface area contributed by atoms with Gasteiger partial charge in [0.15, 0.2) is 0 Å². The molecule has 1 heterocycles. The number of sulfonamides is 1. The number of nitrogens with zero attached hydrogens (tertiary/aromatic N) is 2. The Labute approximate surface area is 114 Å². The summed E-state index contributed by atoms with van der Waals surface area (Å²) in [7, 11) is -3.53. The molecule has 1 aliphatic heterocycles. The van der Waals surface area contributed by atoms with Crippen molar-refractivity contribution in [1.29, 1.82) is 5.26 Å². The van der Waals surface area contributed by atoms with Crippen molar-refractivity contribution in [1.82, 2.24) is 4.31 Å². The monoisotopic (exact) mass is 288 g/mol. The van der Waals surface area contributed by atoms with Gasteiger partial charge in [0, 0.05) is 19.5 Å². The van der Waals surface area contributed by atoms with E-state index in [2.05, 4.69) is 0 Å². The van der Waals surface area contributed by atoms with Gasteiger partial charge >= 0.3 is 5.97 Å². The van der Waals surface area contributed by atoms with Crippen LogP contribution in [0.5, 0.6) is 0 Å². The molecule has 0 aromatic rings. The van der Waals surface area contributed by atoms with Gasteiger partial charge in [0.2, 0.25) is 10.0 Å². The fourth-order valence-corrected chi connectivity index (χ4v) is 4.30. The van der Waals surface area contributed by atoms with Crippen molar-refractivity contribution in [2.45, 2.75) is 33.6 Å². The van der Waals surface area contributed by atoms with E-state index >= 15 is 0 Å². The van der Waals surface area contributed by atoms with Gasteiger partial charge < -0.3 is 5.11 Å². The average Bonchev–Trinajstić information content (AvgIpc) is 2.61. The van der Waals surface area contributed by atoms with Gasteiger partial charge in [0.05, 0.1) is 17.2 Å². The molecule has 1 unspecified atom stereocenters. The highest BCUT2D eigenvalue weighted by Crippen LogP contribution is 2.33. The highest BCUT2D eigenvalue weighted by Gasteiger charge is 2.45. The van der Waals surface area contributed by atoms with Crippen LogP contribution < -0.4 is 0 Å². The molecule has 7 heteroatoms. The molecule has 0 bridgehead atoms. The van der Waals surface area contributed by atoms with Gasteiger partial charge in [-0.05, 0) is 18.8 Å². The number of carboxylic acids is 1. The normalized spacial score (nSPS) is 25.2. The summed E-state index contributed by atoms with van der Waals surface area (Å²) in [6.07, 6.45) is 0.469. The zero-order valence-electron chi connectivity index (χ0n) is 11.5. The predicted octanol–water partition coefficient (Wildman–Crippen LogP) is 1.05. The first-order chi connectivity index (χ1) is 8.52. The van der Waals surface area contributed by atoms with E-state index in [1.54, 1.807) is 20.8 Å². The molecular weight excluding hydrogens is 268 g/mol. The molecule has 1 fully saturated rings. The molecule has 19 heavy (non-hydrogen) atoms. The number of hydrogen-bond acceptors (Lipinski definition) is 4. The summed E-state index contributed by atoms with van der Waals surface area (Å²) >= 11 is 0. The van der Waals surface area contributed by atoms with Gasteiger partial charge in [-0.25, -0.2) is 12.7 Å². The fourth-order valence-electron chi connectivity index (χ4n) is 2.18. The van der Waals surface area contributed by atoms with Gasteiger partial charge in [0.1, 0.15) is 0 Å². The lowest BCUT2D eigenvalue weighted by atomic mass is 9.90. The van der Waals surface area contributed by atoms with E-state index in [4.69, 9.17) is 10.4 Å². The summed E-state index contributed by atoms with van der Waals surface area (Å²) < 4.78 is 25.8. The molecule has 0 radical (unpaired) electrons. The fraction of sp³-hybridized carbons (Fsp3) is 0.833. The van der Waals surface area contributed by atoms with E-state index in [9.17, 15) is 13.2 Å². The van der Waals surface area contributed by atoms with E-state index in [1.165, 1.54) is 4.31 Å². The highest BCUT2D eigenvalue weighted by molar-refractivity contribution is 7.89. The summed E-state index contributed by atoms with van der Waals surface area (Å²) in [4.78, 5) is 11.1. The first-order valence-electron chi connectivity index (χ1n) is 6.11. The standard InChI is InChI=1S/C12H20N2O4S/c1-11(2,4-6-13)9-19(17,18)14-7-5-12(3,8-14)10(15)16/h4-5,7-9H2,1-3H3,(H,15,16).